The largest absolute Gasteiger partial charge is 0.496 e. The van der Waals surface area contributed by atoms with Gasteiger partial charge in [-0.05, 0) is 24.3 Å². The first-order valence-corrected chi connectivity index (χ1v) is 9.31. The van der Waals surface area contributed by atoms with E-state index in [0.29, 0.717) is 28.5 Å². The molecule has 0 bridgehead atoms. The number of methoxy groups -OCH3 is 1. The van der Waals surface area contributed by atoms with Gasteiger partial charge in [0.05, 0.1) is 12.7 Å². The second-order valence-corrected chi connectivity index (χ2v) is 6.33. The van der Waals surface area contributed by atoms with Crippen molar-refractivity contribution >= 4 is 5.70 Å². The summed E-state index contributed by atoms with van der Waals surface area (Å²) in [4.78, 5) is 4.48. The first kappa shape index (κ1) is 20.0. The fraction of sp³-hybridized carbons (Fsp3) is 0.0435. The van der Waals surface area contributed by atoms with Crippen molar-refractivity contribution in [1.29, 1.82) is 0 Å². The van der Waals surface area contributed by atoms with E-state index >= 15 is 0 Å². The van der Waals surface area contributed by atoms with Gasteiger partial charge in [-0.2, -0.15) is 4.98 Å². The summed E-state index contributed by atoms with van der Waals surface area (Å²) < 4.78 is 26.6. The highest BCUT2D eigenvalue weighted by atomic mass is 19.1. The van der Waals surface area contributed by atoms with Crippen molar-refractivity contribution in [2.45, 2.75) is 0 Å². The molecule has 154 valence electrons. The highest BCUT2D eigenvalue weighted by Gasteiger charge is 2.24. The maximum absolute atomic E-state index is 14.4. The molecule has 0 aliphatic heterocycles. The fourth-order valence-electron chi connectivity index (χ4n) is 3.10. The van der Waals surface area contributed by atoms with Gasteiger partial charge in [-0.25, -0.2) is 9.07 Å². The van der Waals surface area contributed by atoms with Crippen LogP contribution in [0.3, 0.4) is 0 Å². The molecule has 4 rings (SSSR count). The Morgan fingerprint density at radius 1 is 1.06 bits per heavy atom. The van der Waals surface area contributed by atoms with Crippen LogP contribution in [0.4, 0.5) is 4.39 Å². The lowest BCUT2D eigenvalue weighted by atomic mass is 10.1. The molecular weight excluding hydrogens is 397 g/mol. The first-order chi connectivity index (χ1) is 15.2. The van der Waals surface area contributed by atoms with Gasteiger partial charge in [0, 0.05) is 5.56 Å². The summed E-state index contributed by atoms with van der Waals surface area (Å²) in [7, 11) is 1.57. The normalized spacial score (nSPS) is 11.7. The third kappa shape index (κ3) is 3.66. The van der Waals surface area contributed by atoms with E-state index in [9.17, 15) is 4.39 Å². The monoisotopic (exact) mass is 415 g/mol. The number of hydrogen-bond donors (Lipinski definition) is 0. The number of allylic oxidation sites excluding steroid dienone is 4. The Kier molecular flexibility index (Phi) is 5.53. The minimum atomic E-state index is -0.594. The molecule has 0 spiro atoms. The van der Waals surface area contributed by atoms with Gasteiger partial charge < -0.3 is 9.26 Å². The van der Waals surface area contributed by atoms with Gasteiger partial charge in [0.15, 0.2) is 5.69 Å². The minimum Gasteiger partial charge on any atom is -0.496 e. The minimum absolute atomic E-state index is 0.0945. The summed E-state index contributed by atoms with van der Waals surface area (Å²) in [5.74, 6) is 0.474. The highest BCUT2D eigenvalue weighted by molar-refractivity contribution is 5.79. The molecule has 0 fully saturated rings. The molecule has 0 N–H and O–H groups in total. The van der Waals surface area contributed by atoms with Gasteiger partial charge in [-0.15, -0.1) is 5.10 Å². The molecule has 7 nitrogen and oxygen atoms in total. The van der Waals surface area contributed by atoms with Crippen LogP contribution in [0.25, 0.3) is 39.9 Å². The Morgan fingerprint density at radius 2 is 1.81 bits per heavy atom. The second kappa shape index (κ2) is 8.58. The smallest absolute Gasteiger partial charge is 0.281 e. The zero-order valence-electron chi connectivity index (χ0n) is 16.7. The Bertz CT molecular complexity index is 1270. The molecular formula is C23H18FN5O2. The molecule has 0 aliphatic carbocycles. The maximum atomic E-state index is 14.4. The van der Waals surface area contributed by atoms with Crippen LogP contribution in [0.5, 0.6) is 5.75 Å². The van der Waals surface area contributed by atoms with E-state index in [1.54, 1.807) is 13.2 Å². The number of ether oxygens (including phenoxy) is 1. The van der Waals surface area contributed by atoms with Crippen LogP contribution in [0.2, 0.25) is 0 Å². The summed E-state index contributed by atoms with van der Waals surface area (Å²) in [5, 5.41) is 12.4. The Morgan fingerprint density at radius 3 is 2.52 bits per heavy atom. The van der Waals surface area contributed by atoms with E-state index in [2.05, 4.69) is 33.6 Å². The van der Waals surface area contributed by atoms with Crippen molar-refractivity contribution in [3.05, 3.63) is 85.7 Å². The number of para-hydroxylation sites is 1. The molecule has 2 aromatic carbocycles. The molecule has 2 heterocycles. The van der Waals surface area contributed by atoms with Crippen LogP contribution in [0.15, 0.2) is 90.3 Å². The van der Waals surface area contributed by atoms with E-state index < -0.39 is 5.83 Å². The van der Waals surface area contributed by atoms with Crippen molar-refractivity contribution in [2.75, 3.05) is 7.11 Å². The molecule has 8 heteroatoms. The Balaban J connectivity index is 1.90. The molecule has 31 heavy (non-hydrogen) atoms. The third-order valence-electron chi connectivity index (χ3n) is 4.54. The van der Waals surface area contributed by atoms with Gasteiger partial charge in [0.2, 0.25) is 5.82 Å². The third-order valence-corrected chi connectivity index (χ3v) is 4.54. The lowest BCUT2D eigenvalue weighted by Gasteiger charge is -2.08. The second-order valence-electron chi connectivity index (χ2n) is 6.33. The van der Waals surface area contributed by atoms with Gasteiger partial charge in [0.25, 0.3) is 5.89 Å². The Labute approximate surface area is 177 Å². The van der Waals surface area contributed by atoms with Crippen LogP contribution in [0.1, 0.15) is 0 Å². The predicted molar refractivity (Wildman–Crippen MR) is 115 cm³/mol. The summed E-state index contributed by atoms with van der Waals surface area (Å²) >= 11 is 0. The average Bonchev–Trinajstić information content (AvgIpc) is 3.47. The van der Waals surface area contributed by atoms with Gasteiger partial charge >= 0.3 is 0 Å². The fourth-order valence-corrected chi connectivity index (χ4v) is 3.10. The molecule has 0 unspecified atom stereocenters. The molecule has 0 amide bonds. The van der Waals surface area contributed by atoms with E-state index in [0.717, 1.165) is 11.6 Å². The zero-order valence-corrected chi connectivity index (χ0v) is 16.7. The summed E-state index contributed by atoms with van der Waals surface area (Å²) in [6.07, 6.45) is 2.43. The standard InChI is InChI=1S/C23H18FN5O2/c1-4-17(24)18(5-2)29-21(15-11-7-6-8-12-15)20(26-28-29)23-25-22(27-31-23)16-13-9-10-14-19(16)30-3/h4-14H,1-2H2,3H3/b18-17-. The lowest BCUT2D eigenvalue weighted by Crippen LogP contribution is -2.02. The van der Waals surface area contributed by atoms with Gasteiger partial charge in [0.1, 0.15) is 23.0 Å². The summed E-state index contributed by atoms with van der Waals surface area (Å²) in [6.45, 7) is 7.17. The number of benzene rings is 2. The van der Waals surface area contributed by atoms with Crippen LogP contribution >= 0.6 is 0 Å². The molecule has 0 saturated heterocycles. The van der Waals surface area contributed by atoms with Crippen molar-refractivity contribution in [3.8, 4) is 40.0 Å². The number of hydrogen-bond acceptors (Lipinski definition) is 6. The van der Waals surface area contributed by atoms with Gasteiger partial charge in [-0.3, -0.25) is 0 Å². The van der Waals surface area contributed by atoms with Crippen LogP contribution < -0.4 is 4.74 Å². The van der Waals surface area contributed by atoms with E-state index in [4.69, 9.17) is 9.26 Å². The predicted octanol–water partition coefficient (Wildman–Crippen LogP) is 5.18. The molecule has 4 aromatic rings. The number of nitrogens with zero attached hydrogens (tertiary/aromatic N) is 5. The zero-order chi connectivity index (χ0) is 21.8. The van der Waals surface area contributed by atoms with Crippen molar-refractivity contribution < 1.29 is 13.7 Å². The first-order valence-electron chi connectivity index (χ1n) is 9.31. The SMILES string of the molecule is C=C/C(F)=C(\C=C)n1nnc(-c2nc(-c3ccccc3OC)no2)c1-c1ccccc1. The molecule has 0 aliphatic rings. The number of rotatable bonds is 7. The van der Waals surface area contributed by atoms with E-state index in [1.807, 2.05) is 48.5 Å². The van der Waals surface area contributed by atoms with Gasteiger partial charge in [-0.1, -0.05) is 66.0 Å². The van der Waals surface area contributed by atoms with Crippen LogP contribution in [-0.2, 0) is 0 Å². The van der Waals surface area contributed by atoms with Crippen molar-refractivity contribution in [3.63, 3.8) is 0 Å². The van der Waals surface area contributed by atoms with Crippen LogP contribution in [0, 0.1) is 0 Å². The number of halogens is 1. The lowest BCUT2D eigenvalue weighted by molar-refractivity contribution is 0.413. The quantitative estimate of drug-likeness (QED) is 0.387. The maximum Gasteiger partial charge on any atom is 0.281 e. The number of aromatic nitrogens is 5. The van der Waals surface area contributed by atoms with E-state index in [1.165, 1.54) is 10.8 Å². The Hall–Kier alpha value is -4.33. The molecule has 0 atom stereocenters. The highest BCUT2D eigenvalue weighted by Crippen LogP contribution is 2.34. The summed E-state index contributed by atoms with van der Waals surface area (Å²) in [5.41, 5.74) is 2.27. The topological polar surface area (TPSA) is 78.9 Å². The summed E-state index contributed by atoms with van der Waals surface area (Å²) in [6, 6.07) is 16.6. The van der Waals surface area contributed by atoms with Crippen molar-refractivity contribution in [1.82, 2.24) is 25.1 Å². The molecule has 0 saturated carbocycles. The molecule has 2 aromatic heterocycles. The van der Waals surface area contributed by atoms with E-state index in [-0.39, 0.29) is 11.6 Å². The average molecular weight is 415 g/mol. The van der Waals surface area contributed by atoms with Crippen molar-refractivity contribution in [2.24, 2.45) is 0 Å². The van der Waals surface area contributed by atoms with Crippen LogP contribution in [-0.4, -0.2) is 32.2 Å². The molecule has 0 radical (unpaired) electrons.